The predicted octanol–water partition coefficient (Wildman–Crippen LogP) is 3.83. The predicted molar refractivity (Wildman–Crippen MR) is 103 cm³/mol. The summed E-state index contributed by atoms with van der Waals surface area (Å²) in [6.07, 6.45) is 0.242. The van der Waals surface area contributed by atoms with Crippen LogP contribution in [0.4, 0.5) is 4.79 Å². The van der Waals surface area contributed by atoms with E-state index in [1.807, 2.05) is 39.0 Å². The molecule has 0 radical (unpaired) electrons. The molecule has 0 aromatic heterocycles. The van der Waals surface area contributed by atoms with Crippen LogP contribution in [0.5, 0.6) is 5.75 Å². The maximum Gasteiger partial charge on any atom is 0.410 e. The van der Waals surface area contributed by atoms with Crippen LogP contribution in [0.25, 0.3) is 10.4 Å². The van der Waals surface area contributed by atoms with Gasteiger partial charge >= 0.3 is 6.09 Å². The van der Waals surface area contributed by atoms with Crippen LogP contribution in [0.2, 0.25) is 0 Å². The number of methoxy groups -OCH3 is 1. The standard InChI is InChI=1S/C19H28N4O5/c1-19(2,3)28-18(24)23-8-7-14-11-15(27-13-26-10-9-25-4)5-6-16(14)17(23)12-21-22-20/h5-6,11,17H,7-10,12-13H2,1-4H3. The lowest BCUT2D eigenvalue weighted by atomic mass is 9.92. The van der Waals surface area contributed by atoms with Gasteiger partial charge in [0.1, 0.15) is 11.4 Å². The average molecular weight is 392 g/mol. The Morgan fingerprint density at radius 2 is 2.14 bits per heavy atom. The molecular weight excluding hydrogens is 364 g/mol. The lowest BCUT2D eigenvalue weighted by molar-refractivity contribution is -0.00855. The molecule has 9 nitrogen and oxygen atoms in total. The topological polar surface area (TPSA) is 106 Å². The van der Waals surface area contributed by atoms with Crippen LogP contribution in [0.15, 0.2) is 23.3 Å². The molecular formula is C19H28N4O5. The van der Waals surface area contributed by atoms with Gasteiger partial charge < -0.3 is 23.8 Å². The number of azide groups is 1. The van der Waals surface area contributed by atoms with Crippen molar-refractivity contribution in [3.63, 3.8) is 0 Å². The fourth-order valence-corrected chi connectivity index (χ4v) is 2.94. The highest BCUT2D eigenvalue weighted by Crippen LogP contribution is 2.33. The van der Waals surface area contributed by atoms with Gasteiger partial charge in [0.05, 0.1) is 25.8 Å². The van der Waals surface area contributed by atoms with Gasteiger partial charge in [0.15, 0.2) is 6.79 Å². The number of carbonyl (C=O) groups is 1. The molecule has 0 saturated heterocycles. The van der Waals surface area contributed by atoms with E-state index >= 15 is 0 Å². The minimum atomic E-state index is -0.596. The lowest BCUT2D eigenvalue weighted by Crippen LogP contribution is -2.44. The molecule has 28 heavy (non-hydrogen) atoms. The van der Waals surface area contributed by atoms with Gasteiger partial charge in [-0.1, -0.05) is 11.2 Å². The zero-order valence-electron chi connectivity index (χ0n) is 16.9. The van der Waals surface area contributed by atoms with Crippen molar-refractivity contribution in [2.45, 2.75) is 38.8 Å². The summed E-state index contributed by atoms with van der Waals surface area (Å²) in [4.78, 5) is 17.1. The third kappa shape index (κ3) is 6.30. The van der Waals surface area contributed by atoms with Crippen molar-refractivity contribution in [1.82, 2.24) is 4.90 Å². The molecule has 2 rings (SSSR count). The van der Waals surface area contributed by atoms with E-state index in [-0.39, 0.29) is 19.4 Å². The summed E-state index contributed by atoms with van der Waals surface area (Å²) < 4.78 is 21.4. The molecule has 1 aromatic carbocycles. The van der Waals surface area contributed by atoms with Gasteiger partial charge in [0.2, 0.25) is 0 Å². The molecule has 1 atom stereocenters. The van der Waals surface area contributed by atoms with E-state index in [0.717, 1.165) is 11.1 Å². The molecule has 1 amide bonds. The smallest absolute Gasteiger partial charge is 0.410 e. The maximum atomic E-state index is 12.6. The van der Waals surface area contributed by atoms with Crippen LogP contribution in [0, 0.1) is 0 Å². The molecule has 0 aliphatic carbocycles. The van der Waals surface area contributed by atoms with Crippen molar-refractivity contribution in [3.8, 4) is 5.75 Å². The zero-order chi connectivity index (χ0) is 20.6. The second kappa shape index (κ2) is 10.2. The van der Waals surface area contributed by atoms with Crippen LogP contribution < -0.4 is 4.74 Å². The number of amides is 1. The Labute approximate surface area is 165 Å². The quantitative estimate of drug-likeness (QED) is 0.220. The first kappa shape index (κ1) is 21.8. The highest BCUT2D eigenvalue weighted by Gasteiger charge is 2.33. The molecule has 9 heteroatoms. The molecule has 1 aromatic rings. The lowest BCUT2D eigenvalue weighted by Gasteiger charge is -2.37. The second-order valence-electron chi connectivity index (χ2n) is 7.38. The number of nitrogens with zero attached hydrogens (tertiary/aromatic N) is 4. The first-order chi connectivity index (χ1) is 13.4. The molecule has 1 aliphatic heterocycles. The molecule has 0 saturated carbocycles. The molecule has 0 fully saturated rings. The van der Waals surface area contributed by atoms with Gasteiger partial charge in [0.25, 0.3) is 0 Å². The Kier molecular flexibility index (Phi) is 7.92. The van der Waals surface area contributed by atoms with Gasteiger partial charge in [-0.15, -0.1) is 0 Å². The summed E-state index contributed by atoms with van der Waals surface area (Å²) in [7, 11) is 1.61. The Balaban J connectivity index is 2.13. The zero-order valence-corrected chi connectivity index (χ0v) is 16.9. The number of hydrogen-bond donors (Lipinski definition) is 0. The number of hydrogen-bond acceptors (Lipinski definition) is 6. The van der Waals surface area contributed by atoms with E-state index in [9.17, 15) is 4.79 Å². The van der Waals surface area contributed by atoms with E-state index in [4.69, 9.17) is 24.5 Å². The minimum absolute atomic E-state index is 0.133. The van der Waals surface area contributed by atoms with E-state index in [2.05, 4.69) is 10.0 Å². The monoisotopic (exact) mass is 392 g/mol. The van der Waals surface area contributed by atoms with Gasteiger partial charge in [-0.25, -0.2) is 4.79 Å². The Hall–Kier alpha value is -2.48. The van der Waals surface area contributed by atoms with Crippen LogP contribution in [-0.4, -0.2) is 56.8 Å². The largest absolute Gasteiger partial charge is 0.468 e. The van der Waals surface area contributed by atoms with E-state index in [1.165, 1.54) is 0 Å². The Morgan fingerprint density at radius 3 is 2.82 bits per heavy atom. The van der Waals surface area contributed by atoms with Crippen LogP contribution in [0.3, 0.4) is 0 Å². The minimum Gasteiger partial charge on any atom is -0.468 e. The summed E-state index contributed by atoms with van der Waals surface area (Å²) in [6, 6.07) is 5.28. The summed E-state index contributed by atoms with van der Waals surface area (Å²) in [6.45, 7) is 7.19. The van der Waals surface area contributed by atoms with E-state index < -0.39 is 11.7 Å². The summed E-state index contributed by atoms with van der Waals surface area (Å²) in [5.74, 6) is 0.685. The highest BCUT2D eigenvalue weighted by atomic mass is 16.7. The Morgan fingerprint density at radius 1 is 1.36 bits per heavy atom. The van der Waals surface area contributed by atoms with Crippen molar-refractivity contribution in [1.29, 1.82) is 0 Å². The number of carbonyl (C=O) groups excluding carboxylic acids is 1. The normalized spacial score (nSPS) is 16.1. The van der Waals surface area contributed by atoms with Crippen molar-refractivity contribution >= 4 is 6.09 Å². The second-order valence-corrected chi connectivity index (χ2v) is 7.38. The third-order valence-corrected chi connectivity index (χ3v) is 4.16. The van der Waals surface area contributed by atoms with Gasteiger partial charge in [-0.05, 0) is 56.0 Å². The number of benzene rings is 1. The van der Waals surface area contributed by atoms with Gasteiger partial charge in [-0.3, -0.25) is 0 Å². The SMILES string of the molecule is COCCOCOc1ccc2c(c1)CCN(C(=O)OC(C)(C)C)C2CN=[N+]=[N-]. The van der Waals surface area contributed by atoms with Crippen molar-refractivity contribution in [3.05, 3.63) is 39.8 Å². The highest BCUT2D eigenvalue weighted by molar-refractivity contribution is 5.69. The fourth-order valence-electron chi connectivity index (χ4n) is 2.94. The van der Waals surface area contributed by atoms with E-state index in [0.29, 0.717) is 31.9 Å². The van der Waals surface area contributed by atoms with Crippen molar-refractivity contribution in [2.75, 3.05) is 40.2 Å². The molecule has 1 heterocycles. The van der Waals surface area contributed by atoms with Crippen molar-refractivity contribution in [2.24, 2.45) is 5.11 Å². The molecule has 0 bridgehead atoms. The first-order valence-corrected chi connectivity index (χ1v) is 9.18. The number of fused-ring (bicyclic) bond motifs is 1. The summed E-state index contributed by atoms with van der Waals surface area (Å²) in [5.41, 5.74) is 10.1. The molecule has 1 unspecified atom stereocenters. The van der Waals surface area contributed by atoms with Crippen LogP contribution in [-0.2, 0) is 20.6 Å². The van der Waals surface area contributed by atoms with E-state index in [1.54, 1.807) is 12.0 Å². The van der Waals surface area contributed by atoms with Crippen molar-refractivity contribution < 1.29 is 23.7 Å². The first-order valence-electron chi connectivity index (χ1n) is 9.18. The number of ether oxygens (including phenoxy) is 4. The fraction of sp³-hybridized carbons (Fsp3) is 0.632. The van der Waals surface area contributed by atoms with Crippen LogP contribution >= 0.6 is 0 Å². The van der Waals surface area contributed by atoms with Crippen LogP contribution in [0.1, 0.15) is 37.9 Å². The average Bonchev–Trinajstić information content (AvgIpc) is 2.64. The molecule has 154 valence electrons. The molecule has 1 aliphatic rings. The third-order valence-electron chi connectivity index (χ3n) is 4.16. The van der Waals surface area contributed by atoms with Gasteiger partial charge in [-0.2, -0.15) is 0 Å². The Bertz CT molecular complexity index is 713. The number of rotatable bonds is 8. The maximum absolute atomic E-state index is 12.6. The summed E-state index contributed by atoms with van der Waals surface area (Å²) in [5, 5.41) is 3.69. The van der Waals surface area contributed by atoms with Gasteiger partial charge in [0, 0.05) is 18.6 Å². The molecule has 0 N–H and O–H groups in total. The summed E-state index contributed by atoms with van der Waals surface area (Å²) >= 11 is 0. The molecule has 0 spiro atoms.